The number of hydrogen-bond donors (Lipinski definition) is 1. The van der Waals surface area contributed by atoms with Crippen molar-refractivity contribution in [3.8, 4) is 0 Å². The third-order valence-electron chi connectivity index (χ3n) is 2.24. The van der Waals surface area contributed by atoms with E-state index >= 15 is 0 Å². The van der Waals surface area contributed by atoms with Crippen LogP contribution in [0.2, 0.25) is 0 Å². The monoisotopic (exact) mass is 249 g/mol. The normalized spacial score (nSPS) is 15.8. The molecule has 1 aliphatic rings. The Balaban J connectivity index is 2.59. The highest BCUT2D eigenvalue weighted by atomic mass is 32.2. The third kappa shape index (κ3) is 5.11. The molecule has 0 radical (unpaired) electrons. The van der Waals surface area contributed by atoms with Crippen LogP contribution in [-0.4, -0.2) is 55.4 Å². The van der Waals surface area contributed by atoms with Crippen LogP contribution >= 0.6 is 0 Å². The molecule has 0 aromatic rings. The van der Waals surface area contributed by atoms with Crippen LogP contribution in [0.5, 0.6) is 0 Å². The van der Waals surface area contributed by atoms with E-state index in [1.165, 1.54) is 0 Å². The molecule has 0 aromatic carbocycles. The maximum Gasteiger partial charge on any atom is 0.323 e. The molecular formula is C9H15NO5S. The third-order valence-corrected chi connectivity index (χ3v) is 3.01. The standard InChI is InChI=1S/C9H15NO5S/c1-16(14,15)6-8(11)10(5-9(12)13)4-7-2-3-7/h7H,2-6H2,1H3,(H,12,13). The van der Waals surface area contributed by atoms with E-state index in [-0.39, 0.29) is 0 Å². The number of sulfone groups is 1. The van der Waals surface area contributed by atoms with Crippen LogP contribution in [0, 0.1) is 5.92 Å². The molecule has 1 rings (SSSR count). The topological polar surface area (TPSA) is 91.8 Å². The van der Waals surface area contributed by atoms with Crippen molar-refractivity contribution in [1.29, 1.82) is 0 Å². The van der Waals surface area contributed by atoms with Gasteiger partial charge in [0.2, 0.25) is 5.91 Å². The van der Waals surface area contributed by atoms with Crippen LogP contribution in [-0.2, 0) is 19.4 Å². The molecule has 6 nitrogen and oxygen atoms in total. The van der Waals surface area contributed by atoms with Crippen molar-refractivity contribution in [2.75, 3.05) is 25.1 Å². The number of rotatable bonds is 6. The first-order valence-corrected chi connectivity index (χ1v) is 7.01. The lowest BCUT2D eigenvalue weighted by molar-refractivity contribution is -0.143. The Kier molecular flexibility index (Phi) is 3.90. The molecule has 0 unspecified atom stereocenters. The molecule has 0 saturated heterocycles. The van der Waals surface area contributed by atoms with Gasteiger partial charge in [0.25, 0.3) is 0 Å². The molecule has 0 bridgehead atoms. The Morgan fingerprint density at radius 1 is 1.38 bits per heavy atom. The van der Waals surface area contributed by atoms with E-state index in [2.05, 4.69) is 0 Å². The summed E-state index contributed by atoms with van der Waals surface area (Å²) < 4.78 is 21.9. The molecule has 1 aliphatic carbocycles. The molecule has 92 valence electrons. The first-order valence-electron chi connectivity index (χ1n) is 4.95. The molecule has 1 fully saturated rings. The minimum atomic E-state index is -3.40. The van der Waals surface area contributed by atoms with Crippen molar-refractivity contribution in [2.24, 2.45) is 5.92 Å². The van der Waals surface area contributed by atoms with Gasteiger partial charge in [-0.15, -0.1) is 0 Å². The highest BCUT2D eigenvalue weighted by molar-refractivity contribution is 7.91. The van der Waals surface area contributed by atoms with Crippen LogP contribution in [0.1, 0.15) is 12.8 Å². The van der Waals surface area contributed by atoms with Crippen molar-refractivity contribution in [1.82, 2.24) is 4.90 Å². The molecule has 1 saturated carbocycles. The SMILES string of the molecule is CS(=O)(=O)CC(=O)N(CC(=O)O)CC1CC1. The van der Waals surface area contributed by atoms with Gasteiger partial charge in [0.1, 0.15) is 12.3 Å². The number of aliphatic carboxylic acids is 1. The van der Waals surface area contributed by atoms with E-state index < -0.39 is 34.0 Å². The lowest BCUT2D eigenvalue weighted by atomic mass is 10.3. The Morgan fingerprint density at radius 2 is 1.94 bits per heavy atom. The zero-order valence-electron chi connectivity index (χ0n) is 9.05. The van der Waals surface area contributed by atoms with Crippen LogP contribution in [0.15, 0.2) is 0 Å². The summed E-state index contributed by atoms with van der Waals surface area (Å²) in [5.74, 6) is -2.03. The quantitative estimate of drug-likeness (QED) is 0.675. The molecule has 0 atom stereocenters. The van der Waals surface area contributed by atoms with Crippen LogP contribution < -0.4 is 0 Å². The summed E-state index contributed by atoms with van der Waals surface area (Å²) in [5.41, 5.74) is 0. The van der Waals surface area contributed by atoms with Gasteiger partial charge in [-0.2, -0.15) is 0 Å². The highest BCUT2D eigenvalue weighted by Crippen LogP contribution is 2.29. The molecule has 7 heteroatoms. The van der Waals surface area contributed by atoms with Crippen molar-refractivity contribution < 1.29 is 23.1 Å². The van der Waals surface area contributed by atoms with E-state index in [1.54, 1.807) is 0 Å². The second-order valence-corrected chi connectivity index (χ2v) is 6.32. The van der Waals surface area contributed by atoms with Gasteiger partial charge in [-0.1, -0.05) is 0 Å². The van der Waals surface area contributed by atoms with E-state index in [0.717, 1.165) is 24.0 Å². The van der Waals surface area contributed by atoms with E-state index in [1.807, 2.05) is 0 Å². The van der Waals surface area contributed by atoms with Gasteiger partial charge in [0.05, 0.1) is 0 Å². The van der Waals surface area contributed by atoms with E-state index in [9.17, 15) is 18.0 Å². The fraction of sp³-hybridized carbons (Fsp3) is 0.778. The van der Waals surface area contributed by atoms with E-state index in [0.29, 0.717) is 12.5 Å². The number of carbonyl (C=O) groups is 2. The fourth-order valence-electron chi connectivity index (χ4n) is 1.35. The molecule has 1 amide bonds. The Morgan fingerprint density at radius 3 is 2.31 bits per heavy atom. The Bertz CT molecular complexity index is 385. The minimum absolute atomic E-state index is 0.336. The minimum Gasteiger partial charge on any atom is -0.480 e. The van der Waals surface area contributed by atoms with Crippen LogP contribution in [0.3, 0.4) is 0 Å². The average molecular weight is 249 g/mol. The zero-order valence-corrected chi connectivity index (χ0v) is 9.87. The summed E-state index contributed by atoms with van der Waals surface area (Å²) in [6, 6.07) is 0. The molecule has 1 N–H and O–H groups in total. The van der Waals surface area contributed by atoms with Crippen molar-refractivity contribution in [3.05, 3.63) is 0 Å². The highest BCUT2D eigenvalue weighted by Gasteiger charge is 2.28. The summed E-state index contributed by atoms with van der Waals surface area (Å²) in [6.07, 6.45) is 2.91. The predicted molar refractivity (Wildman–Crippen MR) is 56.7 cm³/mol. The van der Waals surface area contributed by atoms with Gasteiger partial charge in [-0.25, -0.2) is 8.42 Å². The first-order chi connectivity index (χ1) is 7.28. The molecule has 0 aromatic heterocycles. The lowest BCUT2D eigenvalue weighted by Crippen LogP contribution is -2.40. The summed E-state index contributed by atoms with van der Waals surface area (Å²) in [7, 11) is -3.40. The summed E-state index contributed by atoms with van der Waals surface area (Å²) in [5, 5.41) is 8.62. The smallest absolute Gasteiger partial charge is 0.323 e. The van der Waals surface area contributed by atoms with Gasteiger partial charge >= 0.3 is 5.97 Å². The zero-order chi connectivity index (χ0) is 12.3. The lowest BCUT2D eigenvalue weighted by Gasteiger charge is -2.19. The summed E-state index contributed by atoms with van der Waals surface area (Å²) in [6.45, 7) is -0.0779. The molecule has 0 aliphatic heterocycles. The number of carboxylic acid groups (broad SMARTS) is 1. The van der Waals surface area contributed by atoms with Crippen molar-refractivity contribution in [2.45, 2.75) is 12.8 Å². The largest absolute Gasteiger partial charge is 0.480 e. The fourth-order valence-corrected chi connectivity index (χ4v) is 1.98. The van der Waals surface area contributed by atoms with E-state index in [4.69, 9.17) is 5.11 Å². The molecule has 16 heavy (non-hydrogen) atoms. The van der Waals surface area contributed by atoms with Gasteiger partial charge in [-0.3, -0.25) is 9.59 Å². The van der Waals surface area contributed by atoms with Gasteiger partial charge in [-0.05, 0) is 18.8 Å². The van der Waals surface area contributed by atoms with Gasteiger partial charge < -0.3 is 10.0 Å². The summed E-state index contributed by atoms with van der Waals surface area (Å²) >= 11 is 0. The second kappa shape index (κ2) is 4.82. The average Bonchev–Trinajstić information content (AvgIpc) is 2.82. The second-order valence-electron chi connectivity index (χ2n) is 4.18. The number of nitrogens with zero attached hydrogens (tertiary/aromatic N) is 1. The van der Waals surface area contributed by atoms with Crippen molar-refractivity contribution in [3.63, 3.8) is 0 Å². The Labute approximate surface area is 94.2 Å². The number of amides is 1. The summed E-state index contributed by atoms with van der Waals surface area (Å²) in [4.78, 5) is 23.2. The number of carboxylic acids is 1. The first kappa shape index (κ1) is 13.0. The Hall–Kier alpha value is -1.11. The maximum atomic E-state index is 11.5. The number of carbonyl (C=O) groups excluding carboxylic acids is 1. The predicted octanol–water partition coefficient (Wildman–Crippen LogP) is -0.646. The van der Waals surface area contributed by atoms with Gasteiger partial charge in [0, 0.05) is 12.8 Å². The molecule has 0 heterocycles. The number of hydrogen-bond acceptors (Lipinski definition) is 4. The molecular weight excluding hydrogens is 234 g/mol. The van der Waals surface area contributed by atoms with Crippen LogP contribution in [0.4, 0.5) is 0 Å². The van der Waals surface area contributed by atoms with Crippen LogP contribution in [0.25, 0.3) is 0 Å². The maximum absolute atomic E-state index is 11.5. The molecule has 0 spiro atoms. The van der Waals surface area contributed by atoms with Gasteiger partial charge in [0.15, 0.2) is 9.84 Å². The van der Waals surface area contributed by atoms with Crippen molar-refractivity contribution >= 4 is 21.7 Å².